The van der Waals surface area contributed by atoms with E-state index in [0.29, 0.717) is 6.42 Å². The summed E-state index contributed by atoms with van der Waals surface area (Å²) >= 11 is 5.90. The fraction of sp³-hybridized carbons (Fsp3) is 0.533. The van der Waals surface area contributed by atoms with Crippen molar-refractivity contribution >= 4 is 17.5 Å². The first-order valence-electron chi connectivity index (χ1n) is 6.47. The Morgan fingerprint density at radius 2 is 2.00 bits per heavy atom. The molecular formula is C15H22ClNO. The molecule has 0 aromatic heterocycles. The van der Waals surface area contributed by atoms with Crippen LogP contribution in [-0.4, -0.2) is 17.3 Å². The van der Waals surface area contributed by atoms with Crippen LogP contribution in [0.4, 0.5) is 0 Å². The van der Waals surface area contributed by atoms with E-state index in [1.165, 1.54) is 11.1 Å². The zero-order valence-electron chi connectivity index (χ0n) is 11.4. The third-order valence-electron chi connectivity index (χ3n) is 2.97. The van der Waals surface area contributed by atoms with Crippen molar-refractivity contribution in [1.82, 2.24) is 5.32 Å². The summed E-state index contributed by atoms with van der Waals surface area (Å²) in [6.45, 7) is 6.01. The van der Waals surface area contributed by atoms with E-state index in [9.17, 15) is 4.79 Å². The van der Waals surface area contributed by atoms with Gasteiger partial charge in [-0.1, -0.05) is 24.3 Å². The normalized spacial score (nSPS) is 14.0. The number of halogens is 1. The monoisotopic (exact) mass is 267 g/mol. The molecule has 1 rings (SSSR count). The van der Waals surface area contributed by atoms with Gasteiger partial charge in [0.1, 0.15) is 0 Å². The second kappa shape index (κ2) is 7.42. The molecule has 2 atom stereocenters. The van der Waals surface area contributed by atoms with Crippen molar-refractivity contribution in [3.05, 3.63) is 35.4 Å². The Bertz CT molecular complexity index is 390. The van der Waals surface area contributed by atoms with E-state index in [-0.39, 0.29) is 17.3 Å². The SMILES string of the molecule is Cc1ccccc1CCC(=O)NC(C)CC(C)Cl. The molecule has 18 heavy (non-hydrogen) atoms. The van der Waals surface area contributed by atoms with Crippen LogP contribution in [0.3, 0.4) is 0 Å². The fourth-order valence-electron chi connectivity index (χ4n) is 2.03. The molecule has 100 valence electrons. The topological polar surface area (TPSA) is 29.1 Å². The Morgan fingerprint density at radius 1 is 1.33 bits per heavy atom. The number of alkyl halides is 1. The van der Waals surface area contributed by atoms with Gasteiger partial charge in [0.2, 0.25) is 5.91 Å². The molecule has 1 aromatic carbocycles. The molecule has 2 unspecified atom stereocenters. The molecule has 0 saturated heterocycles. The van der Waals surface area contributed by atoms with Gasteiger partial charge in [-0.05, 0) is 44.7 Å². The number of rotatable bonds is 6. The van der Waals surface area contributed by atoms with Crippen molar-refractivity contribution < 1.29 is 4.79 Å². The zero-order chi connectivity index (χ0) is 13.5. The minimum atomic E-state index is 0.0941. The Labute approximate surface area is 115 Å². The summed E-state index contributed by atoms with van der Waals surface area (Å²) in [7, 11) is 0. The molecular weight excluding hydrogens is 246 g/mol. The maximum atomic E-state index is 11.8. The largest absolute Gasteiger partial charge is 0.354 e. The first kappa shape index (κ1) is 15.0. The van der Waals surface area contributed by atoms with E-state index in [0.717, 1.165) is 12.8 Å². The lowest BCUT2D eigenvalue weighted by Crippen LogP contribution is -2.34. The van der Waals surface area contributed by atoms with E-state index >= 15 is 0 Å². The van der Waals surface area contributed by atoms with Crippen molar-refractivity contribution in [2.75, 3.05) is 0 Å². The number of benzene rings is 1. The average Bonchev–Trinajstić information content (AvgIpc) is 2.26. The Hall–Kier alpha value is -1.02. The summed E-state index contributed by atoms with van der Waals surface area (Å²) in [5, 5.41) is 3.07. The van der Waals surface area contributed by atoms with Crippen LogP contribution in [-0.2, 0) is 11.2 Å². The number of hydrogen-bond donors (Lipinski definition) is 1. The zero-order valence-corrected chi connectivity index (χ0v) is 12.1. The van der Waals surface area contributed by atoms with E-state index in [1.807, 2.05) is 26.0 Å². The Kier molecular flexibility index (Phi) is 6.20. The molecule has 0 saturated carbocycles. The lowest BCUT2D eigenvalue weighted by atomic mass is 10.0. The van der Waals surface area contributed by atoms with Gasteiger partial charge in [0.25, 0.3) is 0 Å². The van der Waals surface area contributed by atoms with Crippen LogP contribution in [0.25, 0.3) is 0 Å². The van der Waals surface area contributed by atoms with E-state index < -0.39 is 0 Å². The third kappa shape index (κ3) is 5.54. The van der Waals surface area contributed by atoms with Crippen molar-refractivity contribution in [2.45, 2.75) is 51.5 Å². The second-order valence-corrected chi connectivity index (χ2v) is 5.66. The smallest absolute Gasteiger partial charge is 0.220 e. The summed E-state index contributed by atoms with van der Waals surface area (Å²) in [6.07, 6.45) is 2.13. The number of carbonyl (C=O) groups is 1. The van der Waals surface area contributed by atoms with Crippen molar-refractivity contribution in [2.24, 2.45) is 0 Å². The average molecular weight is 268 g/mol. The third-order valence-corrected chi connectivity index (χ3v) is 3.15. The van der Waals surface area contributed by atoms with E-state index in [4.69, 9.17) is 11.6 Å². The predicted octanol–water partition coefficient (Wildman–Crippen LogP) is 3.45. The summed E-state index contributed by atoms with van der Waals surface area (Å²) in [5.41, 5.74) is 2.48. The molecule has 3 heteroatoms. The van der Waals surface area contributed by atoms with Crippen LogP contribution in [0, 0.1) is 6.92 Å². The van der Waals surface area contributed by atoms with Gasteiger partial charge in [0, 0.05) is 17.8 Å². The molecule has 0 radical (unpaired) electrons. The van der Waals surface area contributed by atoms with Gasteiger partial charge in [-0.15, -0.1) is 11.6 Å². The molecule has 0 aliphatic rings. The molecule has 0 aliphatic heterocycles. The number of carbonyl (C=O) groups excluding carboxylic acids is 1. The molecule has 1 amide bonds. The molecule has 1 N–H and O–H groups in total. The number of hydrogen-bond acceptors (Lipinski definition) is 1. The van der Waals surface area contributed by atoms with Gasteiger partial charge >= 0.3 is 0 Å². The highest BCUT2D eigenvalue weighted by molar-refractivity contribution is 6.20. The molecule has 0 spiro atoms. The van der Waals surface area contributed by atoms with Crippen molar-refractivity contribution in [3.8, 4) is 0 Å². The fourth-order valence-corrected chi connectivity index (χ4v) is 2.30. The van der Waals surface area contributed by atoms with Gasteiger partial charge in [0.05, 0.1) is 0 Å². The predicted molar refractivity (Wildman–Crippen MR) is 77.0 cm³/mol. The van der Waals surface area contributed by atoms with Crippen LogP contribution in [0.1, 0.15) is 37.8 Å². The Morgan fingerprint density at radius 3 is 2.61 bits per heavy atom. The summed E-state index contributed by atoms with van der Waals surface area (Å²) in [6, 6.07) is 8.32. The molecule has 0 bridgehead atoms. The molecule has 2 nitrogen and oxygen atoms in total. The van der Waals surface area contributed by atoms with Crippen molar-refractivity contribution in [3.63, 3.8) is 0 Å². The van der Waals surface area contributed by atoms with Gasteiger partial charge in [0.15, 0.2) is 0 Å². The first-order chi connectivity index (χ1) is 8.49. The number of aryl methyl sites for hydroxylation is 2. The van der Waals surface area contributed by atoms with E-state index in [1.54, 1.807) is 0 Å². The van der Waals surface area contributed by atoms with Gasteiger partial charge in [-0.2, -0.15) is 0 Å². The Balaban J connectivity index is 2.35. The van der Waals surface area contributed by atoms with Gasteiger partial charge < -0.3 is 5.32 Å². The molecule has 0 heterocycles. The minimum absolute atomic E-state index is 0.0941. The van der Waals surface area contributed by atoms with E-state index in [2.05, 4.69) is 24.4 Å². The highest BCUT2D eigenvalue weighted by Gasteiger charge is 2.10. The van der Waals surface area contributed by atoms with Crippen LogP contribution >= 0.6 is 11.6 Å². The van der Waals surface area contributed by atoms with Crippen LogP contribution in [0.15, 0.2) is 24.3 Å². The van der Waals surface area contributed by atoms with Crippen LogP contribution in [0.2, 0.25) is 0 Å². The molecule has 0 fully saturated rings. The maximum Gasteiger partial charge on any atom is 0.220 e. The standard InChI is InChI=1S/C15H22ClNO/c1-11-6-4-5-7-14(11)8-9-15(18)17-13(3)10-12(2)16/h4-7,12-13H,8-10H2,1-3H3,(H,17,18). The highest BCUT2D eigenvalue weighted by atomic mass is 35.5. The first-order valence-corrected chi connectivity index (χ1v) is 6.90. The van der Waals surface area contributed by atoms with Crippen LogP contribution < -0.4 is 5.32 Å². The quantitative estimate of drug-likeness (QED) is 0.786. The molecule has 1 aromatic rings. The number of amides is 1. The van der Waals surface area contributed by atoms with Crippen LogP contribution in [0.5, 0.6) is 0 Å². The van der Waals surface area contributed by atoms with Gasteiger partial charge in [-0.3, -0.25) is 4.79 Å². The lowest BCUT2D eigenvalue weighted by Gasteiger charge is -2.15. The maximum absolute atomic E-state index is 11.8. The second-order valence-electron chi connectivity index (χ2n) is 4.91. The summed E-state index contributed by atoms with van der Waals surface area (Å²) in [5.74, 6) is 0.100. The molecule has 0 aliphatic carbocycles. The van der Waals surface area contributed by atoms with Crippen molar-refractivity contribution in [1.29, 1.82) is 0 Å². The summed E-state index contributed by atoms with van der Waals surface area (Å²) < 4.78 is 0. The van der Waals surface area contributed by atoms with Gasteiger partial charge in [-0.25, -0.2) is 0 Å². The lowest BCUT2D eigenvalue weighted by molar-refractivity contribution is -0.121. The minimum Gasteiger partial charge on any atom is -0.354 e. The summed E-state index contributed by atoms with van der Waals surface area (Å²) in [4.78, 5) is 11.8. The number of nitrogens with one attached hydrogen (secondary N) is 1. The highest BCUT2D eigenvalue weighted by Crippen LogP contribution is 2.10.